The van der Waals surface area contributed by atoms with Gasteiger partial charge in [0.2, 0.25) is 0 Å². The lowest BCUT2D eigenvalue weighted by Gasteiger charge is -2.36. The predicted molar refractivity (Wildman–Crippen MR) is 123 cm³/mol. The van der Waals surface area contributed by atoms with Crippen LogP contribution in [0.25, 0.3) is 5.69 Å². The molecule has 0 unspecified atom stereocenters. The number of hydrogen-bond acceptors (Lipinski definition) is 6. The van der Waals surface area contributed by atoms with Gasteiger partial charge in [-0.15, -0.1) is 0 Å². The molecule has 0 spiro atoms. The van der Waals surface area contributed by atoms with E-state index in [-0.39, 0.29) is 10.8 Å². The molecular formula is C23H26N4O4S. The van der Waals surface area contributed by atoms with Gasteiger partial charge in [0.15, 0.2) is 9.84 Å². The van der Waals surface area contributed by atoms with E-state index < -0.39 is 9.84 Å². The van der Waals surface area contributed by atoms with Crippen LogP contribution >= 0.6 is 0 Å². The summed E-state index contributed by atoms with van der Waals surface area (Å²) in [6.45, 7) is 4.45. The van der Waals surface area contributed by atoms with Crippen LogP contribution < -0.4 is 9.64 Å². The number of ether oxygens (including phenoxy) is 1. The summed E-state index contributed by atoms with van der Waals surface area (Å²) in [5.41, 5.74) is 2.90. The zero-order valence-electron chi connectivity index (χ0n) is 18.4. The van der Waals surface area contributed by atoms with Crippen molar-refractivity contribution in [2.45, 2.75) is 11.8 Å². The maximum absolute atomic E-state index is 13.3. The SMILES string of the molecule is COc1cccc(N2CCN(C(=O)c3cc(C)nn3-c3ccc(S(C)(=O)=O)cc3)CC2)c1. The number of carbonyl (C=O) groups excluding carboxylic acids is 1. The second-order valence-corrected chi connectivity index (χ2v) is 9.85. The molecule has 0 atom stereocenters. The van der Waals surface area contributed by atoms with Crippen LogP contribution in [0.3, 0.4) is 0 Å². The molecule has 3 aromatic rings. The summed E-state index contributed by atoms with van der Waals surface area (Å²) in [4.78, 5) is 17.6. The molecule has 2 aromatic carbocycles. The van der Waals surface area contributed by atoms with Crippen molar-refractivity contribution in [1.82, 2.24) is 14.7 Å². The van der Waals surface area contributed by atoms with Crippen LogP contribution in [0.1, 0.15) is 16.2 Å². The van der Waals surface area contributed by atoms with Gasteiger partial charge in [-0.25, -0.2) is 13.1 Å². The molecule has 168 valence electrons. The monoisotopic (exact) mass is 454 g/mol. The van der Waals surface area contributed by atoms with Gasteiger partial charge in [-0.3, -0.25) is 4.79 Å². The lowest BCUT2D eigenvalue weighted by Crippen LogP contribution is -2.49. The predicted octanol–water partition coefficient (Wildman–Crippen LogP) is 2.56. The molecule has 0 bridgehead atoms. The van der Waals surface area contributed by atoms with Crippen LogP contribution in [0.15, 0.2) is 59.5 Å². The van der Waals surface area contributed by atoms with Crippen molar-refractivity contribution in [3.05, 3.63) is 66.0 Å². The number of methoxy groups -OCH3 is 1. The number of benzene rings is 2. The molecule has 1 aromatic heterocycles. The maximum Gasteiger partial charge on any atom is 0.272 e. The lowest BCUT2D eigenvalue weighted by molar-refractivity contribution is 0.0737. The summed E-state index contributed by atoms with van der Waals surface area (Å²) in [7, 11) is -1.64. The van der Waals surface area contributed by atoms with Crippen molar-refractivity contribution in [3.8, 4) is 11.4 Å². The average molecular weight is 455 g/mol. The van der Waals surface area contributed by atoms with Crippen molar-refractivity contribution in [1.29, 1.82) is 0 Å². The first kappa shape index (κ1) is 21.9. The van der Waals surface area contributed by atoms with Crippen molar-refractivity contribution in [2.75, 3.05) is 44.4 Å². The van der Waals surface area contributed by atoms with Crippen molar-refractivity contribution in [3.63, 3.8) is 0 Å². The number of amides is 1. The molecule has 1 fully saturated rings. The molecule has 2 heterocycles. The molecule has 0 N–H and O–H groups in total. The highest BCUT2D eigenvalue weighted by Gasteiger charge is 2.26. The van der Waals surface area contributed by atoms with Crippen molar-refractivity contribution >= 4 is 21.4 Å². The molecule has 8 nitrogen and oxygen atoms in total. The second-order valence-electron chi connectivity index (χ2n) is 7.83. The van der Waals surface area contributed by atoms with Crippen LogP contribution in [-0.4, -0.2) is 68.5 Å². The summed E-state index contributed by atoms with van der Waals surface area (Å²) in [5, 5.41) is 4.47. The Morgan fingerprint density at radius 2 is 1.66 bits per heavy atom. The highest BCUT2D eigenvalue weighted by atomic mass is 32.2. The van der Waals surface area contributed by atoms with E-state index in [0.717, 1.165) is 30.2 Å². The van der Waals surface area contributed by atoms with E-state index in [1.165, 1.54) is 18.4 Å². The summed E-state index contributed by atoms with van der Waals surface area (Å²) in [6.07, 6.45) is 1.17. The molecule has 1 amide bonds. The first-order valence-corrected chi connectivity index (χ1v) is 12.2. The minimum absolute atomic E-state index is 0.0944. The molecule has 4 rings (SSSR count). The third-order valence-corrected chi connectivity index (χ3v) is 6.67. The normalized spacial score (nSPS) is 14.5. The molecule has 0 radical (unpaired) electrons. The third kappa shape index (κ3) is 4.47. The Morgan fingerprint density at radius 1 is 0.969 bits per heavy atom. The van der Waals surface area contributed by atoms with E-state index in [1.807, 2.05) is 36.1 Å². The van der Waals surface area contributed by atoms with Crippen LogP contribution in [-0.2, 0) is 9.84 Å². The maximum atomic E-state index is 13.3. The molecule has 1 aliphatic rings. The van der Waals surface area contributed by atoms with Crippen molar-refractivity contribution < 1.29 is 17.9 Å². The van der Waals surface area contributed by atoms with Gasteiger partial charge >= 0.3 is 0 Å². The third-order valence-electron chi connectivity index (χ3n) is 5.55. The number of anilines is 1. The summed E-state index contributed by atoms with van der Waals surface area (Å²) in [5.74, 6) is 0.713. The van der Waals surface area contributed by atoms with E-state index in [9.17, 15) is 13.2 Å². The number of rotatable bonds is 5. The van der Waals surface area contributed by atoms with Gasteiger partial charge in [-0.05, 0) is 49.4 Å². The Hall–Kier alpha value is -3.33. The molecule has 0 saturated carbocycles. The summed E-state index contributed by atoms with van der Waals surface area (Å²) < 4.78 is 30.4. The highest BCUT2D eigenvalue weighted by Crippen LogP contribution is 2.23. The Morgan fingerprint density at radius 3 is 2.28 bits per heavy atom. The topological polar surface area (TPSA) is 84.7 Å². The van der Waals surface area contributed by atoms with Gasteiger partial charge in [-0.1, -0.05) is 6.07 Å². The zero-order valence-corrected chi connectivity index (χ0v) is 19.2. The number of nitrogens with zero attached hydrogens (tertiary/aromatic N) is 4. The van der Waals surface area contributed by atoms with E-state index in [4.69, 9.17) is 4.74 Å². The van der Waals surface area contributed by atoms with Gasteiger partial charge in [0.1, 0.15) is 11.4 Å². The number of sulfone groups is 1. The van der Waals surface area contributed by atoms with E-state index in [1.54, 1.807) is 30.0 Å². The van der Waals surface area contributed by atoms with E-state index in [0.29, 0.717) is 24.5 Å². The Kier molecular flexibility index (Phi) is 5.92. The average Bonchev–Trinajstić information content (AvgIpc) is 3.20. The van der Waals surface area contributed by atoms with Crippen LogP contribution in [0.2, 0.25) is 0 Å². The molecule has 1 saturated heterocycles. The molecule has 0 aliphatic carbocycles. The zero-order chi connectivity index (χ0) is 22.9. The van der Waals surface area contributed by atoms with Crippen LogP contribution in [0.4, 0.5) is 5.69 Å². The fourth-order valence-electron chi connectivity index (χ4n) is 3.82. The Labute approximate surface area is 187 Å². The number of piperazine rings is 1. The van der Waals surface area contributed by atoms with Gasteiger partial charge in [0, 0.05) is 44.2 Å². The van der Waals surface area contributed by atoms with Gasteiger partial charge < -0.3 is 14.5 Å². The van der Waals surface area contributed by atoms with Gasteiger partial charge in [0.25, 0.3) is 5.91 Å². The van der Waals surface area contributed by atoms with E-state index in [2.05, 4.69) is 10.00 Å². The largest absolute Gasteiger partial charge is 0.497 e. The second kappa shape index (κ2) is 8.66. The molecule has 9 heteroatoms. The Bertz CT molecular complexity index is 1230. The number of aromatic nitrogens is 2. The summed E-state index contributed by atoms with van der Waals surface area (Å²) >= 11 is 0. The smallest absolute Gasteiger partial charge is 0.272 e. The molecular weight excluding hydrogens is 428 g/mol. The fourth-order valence-corrected chi connectivity index (χ4v) is 4.45. The van der Waals surface area contributed by atoms with Crippen molar-refractivity contribution in [2.24, 2.45) is 0 Å². The van der Waals surface area contributed by atoms with Gasteiger partial charge in [0.05, 0.1) is 23.4 Å². The van der Waals surface area contributed by atoms with Crippen LogP contribution in [0.5, 0.6) is 5.75 Å². The Balaban J connectivity index is 1.51. The molecule has 1 aliphatic heterocycles. The number of hydrogen-bond donors (Lipinski definition) is 0. The molecule has 32 heavy (non-hydrogen) atoms. The highest BCUT2D eigenvalue weighted by molar-refractivity contribution is 7.90. The fraction of sp³-hybridized carbons (Fsp3) is 0.304. The van der Waals surface area contributed by atoms with E-state index >= 15 is 0 Å². The van der Waals surface area contributed by atoms with Gasteiger partial charge in [-0.2, -0.15) is 5.10 Å². The first-order valence-electron chi connectivity index (χ1n) is 10.3. The number of aryl methyl sites for hydroxylation is 1. The first-order chi connectivity index (χ1) is 15.3. The standard InChI is InChI=1S/C23H26N4O4S/c1-17-15-22(27(24-17)18-7-9-21(10-8-18)32(3,29)30)23(28)26-13-11-25(12-14-26)19-5-4-6-20(16-19)31-2/h4-10,15-16H,11-14H2,1-3H3. The number of carbonyl (C=O) groups is 1. The quantitative estimate of drug-likeness (QED) is 0.589. The summed E-state index contributed by atoms with van der Waals surface area (Å²) in [6, 6.07) is 16.1. The minimum atomic E-state index is -3.29. The minimum Gasteiger partial charge on any atom is -0.497 e. The van der Waals surface area contributed by atoms with Crippen LogP contribution in [0, 0.1) is 6.92 Å². The lowest BCUT2D eigenvalue weighted by atomic mass is 10.2.